The molecule has 0 unspecified atom stereocenters. The van der Waals surface area contributed by atoms with E-state index in [9.17, 15) is 14.0 Å². The van der Waals surface area contributed by atoms with Gasteiger partial charge in [-0.05, 0) is 48.9 Å². The van der Waals surface area contributed by atoms with Gasteiger partial charge in [0.25, 0.3) is 5.91 Å². The lowest BCUT2D eigenvalue weighted by Gasteiger charge is -2.38. The number of methoxy groups -OCH3 is 1. The number of para-hydroxylation sites is 2. The van der Waals surface area contributed by atoms with Crippen LogP contribution in [0.4, 0.5) is 10.1 Å². The molecule has 0 spiro atoms. The molecule has 0 N–H and O–H groups in total. The summed E-state index contributed by atoms with van der Waals surface area (Å²) >= 11 is 0. The maximum atomic E-state index is 13.9. The number of carbonyl (C=O) groups excluding carboxylic acids is 2. The summed E-state index contributed by atoms with van der Waals surface area (Å²) in [5, 5.41) is 0. The minimum absolute atomic E-state index is 0.0830. The van der Waals surface area contributed by atoms with E-state index in [1.807, 2.05) is 48.2 Å². The number of anilines is 1. The van der Waals surface area contributed by atoms with Gasteiger partial charge < -0.3 is 19.4 Å². The maximum Gasteiger partial charge on any atom is 0.253 e. The van der Waals surface area contributed by atoms with Crippen molar-refractivity contribution < 1.29 is 18.7 Å². The van der Waals surface area contributed by atoms with Crippen molar-refractivity contribution in [1.29, 1.82) is 0 Å². The molecule has 192 valence electrons. The number of ether oxygens (including phenoxy) is 1. The molecule has 0 radical (unpaired) electrons. The van der Waals surface area contributed by atoms with Gasteiger partial charge in [-0.25, -0.2) is 4.39 Å². The summed E-state index contributed by atoms with van der Waals surface area (Å²) in [6.07, 6.45) is 0. The van der Waals surface area contributed by atoms with Crippen LogP contribution in [0.2, 0.25) is 0 Å². The first-order valence-electron chi connectivity index (χ1n) is 12.7. The SMILES string of the molecule is COc1ccccc1N1CCN(C(=O)[C@@H]2CN(C(=O)c3ccc(F)cc3)C[C@H]2c2ccc(C)cc2)CC1. The highest BCUT2D eigenvalue weighted by atomic mass is 19.1. The molecule has 0 saturated carbocycles. The topological polar surface area (TPSA) is 53.1 Å². The van der Waals surface area contributed by atoms with Crippen molar-refractivity contribution in [3.63, 3.8) is 0 Å². The normalized spacial score (nSPS) is 19.7. The van der Waals surface area contributed by atoms with E-state index in [2.05, 4.69) is 17.0 Å². The van der Waals surface area contributed by atoms with E-state index >= 15 is 0 Å². The zero-order chi connectivity index (χ0) is 25.9. The Morgan fingerprint density at radius 1 is 0.838 bits per heavy atom. The van der Waals surface area contributed by atoms with Gasteiger partial charge in [0.15, 0.2) is 0 Å². The first-order chi connectivity index (χ1) is 17.9. The Labute approximate surface area is 217 Å². The average molecular weight is 502 g/mol. The van der Waals surface area contributed by atoms with Crippen LogP contribution in [0.25, 0.3) is 0 Å². The Morgan fingerprint density at radius 2 is 1.51 bits per heavy atom. The minimum Gasteiger partial charge on any atom is -0.495 e. The predicted octanol–water partition coefficient (Wildman–Crippen LogP) is 4.35. The third-order valence-electron chi connectivity index (χ3n) is 7.54. The fourth-order valence-electron chi connectivity index (χ4n) is 5.44. The van der Waals surface area contributed by atoms with Gasteiger partial charge >= 0.3 is 0 Å². The standard InChI is InChI=1S/C30H32FN3O3/c1-21-7-9-22(10-8-21)25-19-34(29(35)23-11-13-24(31)14-12-23)20-26(25)30(36)33-17-15-32(16-18-33)27-5-3-4-6-28(27)37-2/h3-14,25-26H,15-20H2,1-2H3/t25-,26+/m0/s1. The fraction of sp³-hybridized carbons (Fsp3) is 0.333. The second-order valence-electron chi connectivity index (χ2n) is 9.82. The van der Waals surface area contributed by atoms with E-state index < -0.39 is 0 Å². The molecule has 2 saturated heterocycles. The summed E-state index contributed by atoms with van der Waals surface area (Å²) in [6.45, 7) is 5.49. The Morgan fingerprint density at radius 3 is 2.19 bits per heavy atom. The van der Waals surface area contributed by atoms with Crippen molar-refractivity contribution in [3.8, 4) is 5.75 Å². The summed E-state index contributed by atoms with van der Waals surface area (Å²) in [6, 6.07) is 21.8. The van der Waals surface area contributed by atoms with Crippen molar-refractivity contribution in [1.82, 2.24) is 9.80 Å². The number of likely N-dealkylation sites (tertiary alicyclic amines) is 1. The highest BCUT2D eigenvalue weighted by Gasteiger charge is 2.42. The van der Waals surface area contributed by atoms with Crippen LogP contribution in [-0.2, 0) is 4.79 Å². The van der Waals surface area contributed by atoms with Crippen LogP contribution in [0.1, 0.15) is 27.4 Å². The minimum atomic E-state index is -0.379. The zero-order valence-corrected chi connectivity index (χ0v) is 21.3. The number of hydrogen-bond donors (Lipinski definition) is 0. The number of piperazine rings is 1. The van der Waals surface area contributed by atoms with Crippen molar-refractivity contribution in [3.05, 3.63) is 95.3 Å². The van der Waals surface area contributed by atoms with Gasteiger partial charge in [-0.1, -0.05) is 42.0 Å². The van der Waals surface area contributed by atoms with E-state index in [1.165, 1.54) is 24.3 Å². The number of benzene rings is 3. The second-order valence-corrected chi connectivity index (χ2v) is 9.82. The van der Waals surface area contributed by atoms with Crippen molar-refractivity contribution >= 4 is 17.5 Å². The molecular weight excluding hydrogens is 469 g/mol. The van der Waals surface area contributed by atoms with Crippen molar-refractivity contribution in [2.24, 2.45) is 5.92 Å². The Hall–Kier alpha value is -3.87. The fourth-order valence-corrected chi connectivity index (χ4v) is 5.44. The molecule has 3 aromatic carbocycles. The van der Waals surface area contributed by atoms with E-state index in [4.69, 9.17) is 4.74 Å². The van der Waals surface area contributed by atoms with Gasteiger partial charge in [-0.2, -0.15) is 0 Å². The lowest BCUT2D eigenvalue weighted by molar-refractivity contribution is -0.135. The third-order valence-corrected chi connectivity index (χ3v) is 7.54. The van der Waals surface area contributed by atoms with Crippen LogP contribution < -0.4 is 9.64 Å². The van der Waals surface area contributed by atoms with Gasteiger partial charge in [0.2, 0.25) is 5.91 Å². The zero-order valence-electron chi connectivity index (χ0n) is 21.3. The molecule has 2 fully saturated rings. The molecule has 2 atom stereocenters. The van der Waals surface area contributed by atoms with Crippen LogP contribution in [0.5, 0.6) is 5.75 Å². The second kappa shape index (κ2) is 10.6. The molecule has 5 rings (SSSR count). The lowest BCUT2D eigenvalue weighted by Crippen LogP contribution is -2.51. The van der Waals surface area contributed by atoms with Crippen molar-refractivity contribution in [2.75, 3.05) is 51.3 Å². The molecule has 2 amide bonds. The Balaban J connectivity index is 1.33. The van der Waals surface area contributed by atoms with Crippen LogP contribution in [0, 0.1) is 18.7 Å². The van der Waals surface area contributed by atoms with Crippen LogP contribution in [-0.4, -0.2) is 68.0 Å². The average Bonchev–Trinajstić information content (AvgIpc) is 3.38. The van der Waals surface area contributed by atoms with Gasteiger partial charge in [0, 0.05) is 50.7 Å². The monoisotopic (exact) mass is 501 g/mol. The molecule has 37 heavy (non-hydrogen) atoms. The van der Waals surface area contributed by atoms with Crippen molar-refractivity contribution in [2.45, 2.75) is 12.8 Å². The van der Waals surface area contributed by atoms with Gasteiger partial charge in [-0.15, -0.1) is 0 Å². The highest BCUT2D eigenvalue weighted by Crippen LogP contribution is 2.36. The van der Waals surface area contributed by atoms with E-state index in [0.717, 1.165) is 22.6 Å². The first kappa shape index (κ1) is 24.8. The molecule has 2 aliphatic heterocycles. The van der Waals surface area contributed by atoms with Crippen LogP contribution in [0.15, 0.2) is 72.8 Å². The van der Waals surface area contributed by atoms with E-state index in [-0.39, 0.29) is 29.5 Å². The summed E-state index contributed by atoms with van der Waals surface area (Å²) in [7, 11) is 1.67. The smallest absolute Gasteiger partial charge is 0.253 e. The number of rotatable bonds is 5. The molecule has 0 bridgehead atoms. The Bertz CT molecular complexity index is 1250. The predicted molar refractivity (Wildman–Crippen MR) is 142 cm³/mol. The molecule has 0 aromatic heterocycles. The summed E-state index contributed by atoms with van der Waals surface area (Å²) in [5.41, 5.74) is 3.68. The largest absolute Gasteiger partial charge is 0.495 e. The quantitative estimate of drug-likeness (QED) is 0.522. The van der Waals surface area contributed by atoms with Crippen LogP contribution in [0.3, 0.4) is 0 Å². The van der Waals surface area contributed by atoms with Gasteiger partial charge in [0.05, 0.1) is 18.7 Å². The molecule has 7 heteroatoms. The van der Waals surface area contributed by atoms with E-state index in [1.54, 1.807) is 12.0 Å². The Kier molecular flexibility index (Phi) is 7.12. The van der Waals surface area contributed by atoms with Crippen LogP contribution >= 0.6 is 0 Å². The summed E-state index contributed by atoms with van der Waals surface area (Å²) in [4.78, 5) is 33.0. The number of nitrogens with zero attached hydrogens (tertiary/aromatic N) is 3. The summed E-state index contributed by atoms with van der Waals surface area (Å²) < 4.78 is 18.9. The molecule has 2 heterocycles. The third kappa shape index (κ3) is 5.17. The molecule has 6 nitrogen and oxygen atoms in total. The number of halogens is 1. The number of aryl methyl sites for hydroxylation is 1. The first-order valence-corrected chi connectivity index (χ1v) is 12.7. The summed E-state index contributed by atoms with van der Waals surface area (Å²) in [5.74, 6) is -0.0639. The molecular formula is C30H32FN3O3. The number of hydrogen-bond acceptors (Lipinski definition) is 4. The highest BCUT2D eigenvalue weighted by molar-refractivity contribution is 5.95. The lowest BCUT2D eigenvalue weighted by atomic mass is 9.87. The van der Waals surface area contributed by atoms with Gasteiger partial charge in [-0.3, -0.25) is 9.59 Å². The number of carbonyl (C=O) groups is 2. The molecule has 0 aliphatic carbocycles. The number of amides is 2. The maximum absolute atomic E-state index is 13.9. The molecule has 3 aromatic rings. The van der Waals surface area contributed by atoms with E-state index in [0.29, 0.717) is 44.8 Å². The van der Waals surface area contributed by atoms with Gasteiger partial charge in [0.1, 0.15) is 11.6 Å². The molecule has 2 aliphatic rings.